The first-order chi connectivity index (χ1) is 21.6. The lowest BCUT2D eigenvalue weighted by Crippen LogP contribution is -2.54. The van der Waals surface area contributed by atoms with Gasteiger partial charge in [-0.1, -0.05) is 19.1 Å². The number of barbiturate groups is 1. The number of hydrogen-bond acceptors (Lipinski definition) is 8. The van der Waals surface area contributed by atoms with Crippen molar-refractivity contribution in [1.82, 2.24) is 5.32 Å². The van der Waals surface area contributed by atoms with Crippen LogP contribution in [0.2, 0.25) is 0 Å². The molecule has 45 heavy (non-hydrogen) atoms. The van der Waals surface area contributed by atoms with E-state index in [-0.39, 0.29) is 35.3 Å². The number of imide groups is 2. The van der Waals surface area contributed by atoms with E-state index in [4.69, 9.17) is 18.9 Å². The normalized spacial score (nSPS) is 13.9. The highest BCUT2D eigenvalue weighted by atomic mass is 79.9. The van der Waals surface area contributed by atoms with Crippen LogP contribution in [0, 0.1) is 13.8 Å². The number of nitrogens with one attached hydrogen (secondary N) is 2. The summed E-state index contributed by atoms with van der Waals surface area (Å²) in [6, 6.07) is 12.5. The number of rotatable bonds is 12. The van der Waals surface area contributed by atoms with Gasteiger partial charge in [-0.2, -0.15) is 0 Å². The van der Waals surface area contributed by atoms with Crippen LogP contribution in [0.15, 0.2) is 58.6 Å². The van der Waals surface area contributed by atoms with Crippen LogP contribution in [0.25, 0.3) is 6.08 Å². The number of hydrogen-bond donors (Lipinski definition) is 2. The van der Waals surface area contributed by atoms with Gasteiger partial charge in [-0.05, 0) is 96.2 Å². The molecular weight excluding hydrogens is 646 g/mol. The number of urea groups is 1. The molecule has 1 aliphatic heterocycles. The molecule has 0 aliphatic carbocycles. The predicted octanol–water partition coefficient (Wildman–Crippen LogP) is 5.95. The van der Waals surface area contributed by atoms with Gasteiger partial charge in [0.1, 0.15) is 5.57 Å². The van der Waals surface area contributed by atoms with E-state index in [0.717, 1.165) is 22.4 Å². The third-order valence-electron chi connectivity index (χ3n) is 6.84. The number of carbonyl (C=O) groups excluding carboxylic acids is 4. The number of benzene rings is 3. The van der Waals surface area contributed by atoms with Crippen LogP contribution >= 0.6 is 15.9 Å². The quantitative estimate of drug-likeness (QED) is 0.177. The summed E-state index contributed by atoms with van der Waals surface area (Å²) in [4.78, 5) is 52.7. The predicted molar refractivity (Wildman–Crippen MR) is 173 cm³/mol. The molecule has 0 atom stereocenters. The van der Waals surface area contributed by atoms with Gasteiger partial charge >= 0.3 is 6.03 Å². The second-order valence-corrected chi connectivity index (χ2v) is 10.8. The molecule has 0 radical (unpaired) electrons. The third-order valence-corrected chi connectivity index (χ3v) is 7.43. The Hall–Kier alpha value is -4.84. The fraction of sp³-hybridized carbons (Fsp3) is 0.273. The van der Waals surface area contributed by atoms with Gasteiger partial charge in [0.2, 0.25) is 0 Å². The van der Waals surface area contributed by atoms with Gasteiger partial charge in [0.05, 0.1) is 30.5 Å². The molecule has 5 amide bonds. The first-order valence-corrected chi connectivity index (χ1v) is 15.0. The van der Waals surface area contributed by atoms with Crippen LogP contribution < -0.4 is 34.5 Å². The van der Waals surface area contributed by atoms with Crippen LogP contribution in [0.5, 0.6) is 23.0 Å². The van der Waals surface area contributed by atoms with Crippen molar-refractivity contribution in [3.8, 4) is 23.0 Å². The Bertz CT molecular complexity index is 1670. The molecule has 3 aromatic rings. The molecule has 1 heterocycles. The lowest BCUT2D eigenvalue weighted by atomic mass is 10.1. The minimum atomic E-state index is -0.895. The summed E-state index contributed by atoms with van der Waals surface area (Å²) >= 11 is 3.44. The number of aryl methyl sites for hydroxylation is 1. The van der Waals surface area contributed by atoms with Gasteiger partial charge in [0.15, 0.2) is 29.6 Å². The SMILES string of the molecule is CCCOc1ccc(N2C(=O)NC(=O)/C(=C\c3cc(Br)c(OCC(=O)Nc4cccc(C)c4C)c(OC)c3)C2=O)cc1OCC. The zero-order chi connectivity index (χ0) is 32.7. The van der Waals surface area contributed by atoms with Gasteiger partial charge in [-0.25, -0.2) is 9.69 Å². The first kappa shape index (κ1) is 33.1. The van der Waals surface area contributed by atoms with Crippen molar-refractivity contribution in [2.24, 2.45) is 0 Å². The van der Waals surface area contributed by atoms with Crippen molar-refractivity contribution >= 4 is 57.1 Å². The fourth-order valence-electron chi connectivity index (χ4n) is 4.47. The Labute approximate surface area is 269 Å². The van der Waals surface area contributed by atoms with Crippen LogP contribution in [0.4, 0.5) is 16.2 Å². The summed E-state index contributed by atoms with van der Waals surface area (Å²) in [6.07, 6.45) is 2.12. The second kappa shape index (κ2) is 14.8. The van der Waals surface area contributed by atoms with E-state index in [0.29, 0.717) is 40.4 Å². The smallest absolute Gasteiger partial charge is 0.335 e. The summed E-state index contributed by atoms with van der Waals surface area (Å²) in [5.74, 6) is -0.716. The largest absolute Gasteiger partial charge is 0.493 e. The van der Waals surface area contributed by atoms with Crippen LogP contribution in [-0.2, 0) is 14.4 Å². The van der Waals surface area contributed by atoms with Gasteiger partial charge < -0.3 is 24.3 Å². The molecule has 236 valence electrons. The standard InChI is InChI=1S/C33H34BrN3O8/c1-6-13-44-26-12-11-22(17-27(26)43-7-2)37-32(40)23(31(39)36-33(37)41)14-21-15-24(34)30(28(16-21)42-5)45-18-29(38)35-25-10-8-9-19(3)20(25)4/h8-12,14-17H,6-7,13,18H2,1-5H3,(H,35,38)(H,36,39,41)/b23-14+. The Morgan fingerprint density at radius 1 is 0.978 bits per heavy atom. The molecule has 0 spiro atoms. The Balaban J connectivity index is 1.57. The molecule has 11 nitrogen and oxygen atoms in total. The molecule has 1 saturated heterocycles. The molecule has 0 saturated carbocycles. The lowest BCUT2D eigenvalue weighted by Gasteiger charge is -2.27. The molecule has 12 heteroatoms. The second-order valence-electron chi connectivity index (χ2n) is 9.99. The molecule has 0 bridgehead atoms. The average molecular weight is 681 g/mol. The van der Waals surface area contributed by atoms with Crippen molar-refractivity contribution in [1.29, 1.82) is 0 Å². The van der Waals surface area contributed by atoms with Crippen molar-refractivity contribution in [2.75, 3.05) is 37.1 Å². The van der Waals surface area contributed by atoms with Crippen LogP contribution in [0.1, 0.15) is 37.0 Å². The monoisotopic (exact) mass is 679 g/mol. The van der Waals surface area contributed by atoms with Gasteiger partial charge in [0.25, 0.3) is 17.7 Å². The van der Waals surface area contributed by atoms with Gasteiger partial charge in [-0.15, -0.1) is 0 Å². The minimum absolute atomic E-state index is 0.199. The maximum atomic E-state index is 13.5. The topological polar surface area (TPSA) is 132 Å². The highest BCUT2D eigenvalue weighted by Gasteiger charge is 2.37. The molecule has 1 fully saturated rings. The highest BCUT2D eigenvalue weighted by molar-refractivity contribution is 9.10. The number of nitrogens with zero attached hydrogens (tertiary/aromatic N) is 1. The Morgan fingerprint density at radius 2 is 1.76 bits per heavy atom. The fourth-order valence-corrected chi connectivity index (χ4v) is 5.04. The van der Waals surface area contributed by atoms with E-state index >= 15 is 0 Å². The molecular formula is C33H34BrN3O8. The summed E-state index contributed by atoms with van der Waals surface area (Å²) in [5.41, 5.74) is 3.01. The zero-order valence-electron chi connectivity index (χ0n) is 25.6. The first-order valence-electron chi connectivity index (χ1n) is 14.2. The minimum Gasteiger partial charge on any atom is -0.493 e. The molecule has 1 aliphatic rings. The highest BCUT2D eigenvalue weighted by Crippen LogP contribution is 2.38. The van der Waals surface area contributed by atoms with Crippen LogP contribution in [0.3, 0.4) is 0 Å². The maximum absolute atomic E-state index is 13.5. The third kappa shape index (κ3) is 7.63. The summed E-state index contributed by atoms with van der Waals surface area (Å²) in [6.45, 7) is 8.15. The number of carbonyl (C=O) groups is 4. The number of amides is 5. The average Bonchev–Trinajstić information content (AvgIpc) is 3.00. The summed E-state index contributed by atoms with van der Waals surface area (Å²) in [5, 5.41) is 5.06. The lowest BCUT2D eigenvalue weighted by molar-refractivity contribution is -0.122. The maximum Gasteiger partial charge on any atom is 0.335 e. The van der Waals surface area contributed by atoms with Crippen molar-refractivity contribution in [2.45, 2.75) is 34.1 Å². The Kier molecular flexibility index (Phi) is 10.8. The summed E-state index contributed by atoms with van der Waals surface area (Å²) < 4.78 is 23.1. The molecule has 3 aromatic carbocycles. The summed E-state index contributed by atoms with van der Waals surface area (Å²) in [7, 11) is 1.42. The molecule has 0 unspecified atom stereocenters. The van der Waals surface area contributed by atoms with Crippen molar-refractivity contribution in [3.05, 3.63) is 75.3 Å². The zero-order valence-corrected chi connectivity index (χ0v) is 27.2. The molecule has 2 N–H and O–H groups in total. The number of anilines is 2. The van der Waals surface area contributed by atoms with E-state index < -0.39 is 17.8 Å². The van der Waals surface area contributed by atoms with E-state index in [2.05, 4.69) is 26.6 Å². The van der Waals surface area contributed by atoms with E-state index in [9.17, 15) is 19.2 Å². The number of halogens is 1. The van der Waals surface area contributed by atoms with Gasteiger partial charge in [-0.3, -0.25) is 19.7 Å². The van der Waals surface area contributed by atoms with Gasteiger partial charge in [0, 0.05) is 11.8 Å². The van der Waals surface area contributed by atoms with E-state index in [1.54, 1.807) is 31.2 Å². The number of methoxy groups -OCH3 is 1. The van der Waals surface area contributed by atoms with Crippen molar-refractivity contribution < 1.29 is 38.1 Å². The van der Waals surface area contributed by atoms with Crippen molar-refractivity contribution in [3.63, 3.8) is 0 Å². The Morgan fingerprint density at radius 3 is 2.47 bits per heavy atom. The van der Waals surface area contributed by atoms with E-state index in [1.807, 2.05) is 39.0 Å². The number of ether oxygens (including phenoxy) is 4. The molecule has 0 aromatic heterocycles. The van der Waals surface area contributed by atoms with E-state index in [1.165, 1.54) is 19.3 Å². The molecule has 4 rings (SSSR count). The van der Waals surface area contributed by atoms with Crippen LogP contribution in [-0.4, -0.2) is 50.7 Å².